The van der Waals surface area contributed by atoms with E-state index < -0.39 is 0 Å². The summed E-state index contributed by atoms with van der Waals surface area (Å²) in [5.41, 5.74) is 0. The van der Waals surface area contributed by atoms with Gasteiger partial charge >= 0.3 is 0 Å². The molecule has 0 bridgehead atoms. The highest BCUT2D eigenvalue weighted by Crippen LogP contribution is 2.19. The quantitative estimate of drug-likeness (QED) is 0.574. The smallest absolute Gasteiger partial charge is 0.0751 e. The maximum atomic E-state index is 5.81. The van der Waals surface area contributed by atoms with Crippen LogP contribution >= 0.6 is 23.2 Å². The molecule has 1 aliphatic rings. The normalized spacial score (nSPS) is 30.7. The first-order valence-corrected chi connectivity index (χ1v) is 4.13. The molecule has 1 saturated heterocycles. The molecule has 0 saturated carbocycles. The summed E-state index contributed by atoms with van der Waals surface area (Å²) in [6, 6.07) is 0. The van der Waals surface area contributed by atoms with Crippen LogP contribution in [0, 0.1) is 0 Å². The molecule has 1 nitrogen and oxygen atoms in total. The van der Waals surface area contributed by atoms with Crippen molar-refractivity contribution in [2.24, 2.45) is 0 Å². The van der Waals surface area contributed by atoms with Crippen molar-refractivity contribution in [1.29, 1.82) is 0 Å². The largest absolute Gasteiger partial charge is 0.377 e. The topological polar surface area (TPSA) is 9.23 Å². The van der Waals surface area contributed by atoms with Gasteiger partial charge in [-0.15, -0.1) is 23.2 Å². The van der Waals surface area contributed by atoms with Gasteiger partial charge in [0.25, 0.3) is 0 Å². The third kappa shape index (κ3) is 1.99. The second-order valence-electron chi connectivity index (χ2n) is 2.22. The van der Waals surface area contributed by atoms with Gasteiger partial charge in [0.05, 0.1) is 11.5 Å². The fourth-order valence-corrected chi connectivity index (χ4v) is 1.38. The highest BCUT2D eigenvalue weighted by atomic mass is 35.5. The number of alkyl halides is 2. The SMILES string of the molecule is ClCC(Cl)C1CCCO1. The average Bonchev–Trinajstić information content (AvgIpc) is 2.37. The molecule has 2 unspecified atom stereocenters. The van der Waals surface area contributed by atoms with E-state index in [0.29, 0.717) is 5.88 Å². The van der Waals surface area contributed by atoms with Gasteiger partial charge in [0.1, 0.15) is 0 Å². The number of hydrogen-bond acceptors (Lipinski definition) is 1. The third-order valence-corrected chi connectivity index (χ3v) is 2.44. The summed E-state index contributed by atoms with van der Waals surface area (Å²) in [5.74, 6) is 0.492. The van der Waals surface area contributed by atoms with E-state index in [-0.39, 0.29) is 11.5 Å². The standard InChI is InChI=1S/C6H10Cl2O/c7-4-5(8)6-2-1-3-9-6/h5-6H,1-4H2. The van der Waals surface area contributed by atoms with E-state index in [2.05, 4.69) is 0 Å². The zero-order valence-corrected chi connectivity index (χ0v) is 6.66. The lowest BCUT2D eigenvalue weighted by molar-refractivity contribution is 0.111. The summed E-state index contributed by atoms with van der Waals surface area (Å²) in [6.07, 6.45) is 2.41. The molecule has 1 aliphatic heterocycles. The Morgan fingerprint density at radius 3 is 2.89 bits per heavy atom. The highest BCUT2D eigenvalue weighted by Gasteiger charge is 2.22. The van der Waals surface area contributed by atoms with E-state index in [1.807, 2.05) is 0 Å². The molecule has 0 aromatic rings. The van der Waals surface area contributed by atoms with Gasteiger partial charge < -0.3 is 4.74 Å². The van der Waals surface area contributed by atoms with Crippen LogP contribution in [0.1, 0.15) is 12.8 Å². The Morgan fingerprint density at radius 2 is 2.44 bits per heavy atom. The van der Waals surface area contributed by atoms with E-state index in [4.69, 9.17) is 27.9 Å². The first kappa shape index (κ1) is 7.64. The average molecular weight is 169 g/mol. The maximum absolute atomic E-state index is 5.81. The molecule has 54 valence electrons. The minimum absolute atomic E-state index is 0.00849. The zero-order valence-electron chi connectivity index (χ0n) is 5.15. The van der Waals surface area contributed by atoms with E-state index in [9.17, 15) is 0 Å². The molecule has 0 spiro atoms. The van der Waals surface area contributed by atoms with E-state index in [1.54, 1.807) is 0 Å². The van der Waals surface area contributed by atoms with Gasteiger partial charge in [-0.05, 0) is 12.8 Å². The predicted octanol–water partition coefficient (Wildman–Crippen LogP) is 2.01. The fraction of sp³-hybridized carbons (Fsp3) is 1.00. The molecule has 0 amide bonds. The second kappa shape index (κ2) is 3.65. The molecular weight excluding hydrogens is 159 g/mol. The fourth-order valence-electron chi connectivity index (χ4n) is 0.987. The van der Waals surface area contributed by atoms with E-state index >= 15 is 0 Å². The van der Waals surface area contributed by atoms with Crippen molar-refractivity contribution in [3.8, 4) is 0 Å². The summed E-state index contributed by atoms with van der Waals surface area (Å²) >= 11 is 11.3. The Kier molecular flexibility index (Phi) is 3.10. The minimum Gasteiger partial charge on any atom is -0.377 e. The summed E-state index contributed by atoms with van der Waals surface area (Å²) < 4.78 is 5.29. The van der Waals surface area contributed by atoms with Gasteiger partial charge in [-0.1, -0.05) is 0 Å². The molecule has 3 heteroatoms. The number of rotatable bonds is 2. The van der Waals surface area contributed by atoms with Gasteiger partial charge in [0, 0.05) is 12.5 Å². The Morgan fingerprint density at radius 1 is 1.67 bits per heavy atom. The Balaban J connectivity index is 2.24. The van der Waals surface area contributed by atoms with Crippen LogP contribution in [-0.4, -0.2) is 24.0 Å². The van der Waals surface area contributed by atoms with Crippen molar-refractivity contribution in [2.75, 3.05) is 12.5 Å². The van der Waals surface area contributed by atoms with Crippen molar-refractivity contribution in [3.63, 3.8) is 0 Å². The number of halogens is 2. The monoisotopic (exact) mass is 168 g/mol. The van der Waals surface area contributed by atoms with Crippen molar-refractivity contribution in [1.82, 2.24) is 0 Å². The van der Waals surface area contributed by atoms with Crippen LogP contribution in [0.5, 0.6) is 0 Å². The van der Waals surface area contributed by atoms with Gasteiger partial charge in [-0.25, -0.2) is 0 Å². The molecule has 2 atom stereocenters. The molecule has 0 aromatic carbocycles. The van der Waals surface area contributed by atoms with Crippen molar-refractivity contribution in [3.05, 3.63) is 0 Å². The van der Waals surface area contributed by atoms with Crippen molar-refractivity contribution < 1.29 is 4.74 Å². The summed E-state index contributed by atoms with van der Waals surface area (Å²) in [7, 11) is 0. The number of hydrogen-bond donors (Lipinski definition) is 0. The minimum atomic E-state index is 0.00849. The van der Waals surface area contributed by atoms with Gasteiger partial charge in [0.2, 0.25) is 0 Å². The molecule has 1 rings (SSSR count). The lowest BCUT2D eigenvalue weighted by Crippen LogP contribution is -2.20. The molecule has 0 N–H and O–H groups in total. The molecule has 0 aromatic heterocycles. The molecule has 0 aliphatic carbocycles. The van der Waals surface area contributed by atoms with Crippen LogP contribution in [-0.2, 0) is 4.74 Å². The Labute approximate surface area is 65.3 Å². The van der Waals surface area contributed by atoms with Crippen LogP contribution in [0.25, 0.3) is 0 Å². The van der Waals surface area contributed by atoms with E-state index in [0.717, 1.165) is 19.4 Å². The lowest BCUT2D eigenvalue weighted by Gasteiger charge is -2.12. The highest BCUT2D eigenvalue weighted by molar-refractivity contribution is 6.28. The predicted molar refractivity (Wildman–Crippen MR) is 39.3 cm³/mol. The van der Waals surface area contributed by atoms with Gasteiger partial charge in [0.15, 0.2) is 0 Å². The molecule has 1 fully saturated rings. The van der Waals surface area contributed by atoms with Gasteiger partial charge in [-0.2, -0.15) is 0 Å². The van der Waals surface area contributed by atoms with Crippen LogP contribution in [0.15, 0.2) is 0 Å². The van der Waals surface area contributed by atoms with Gasteiger partial charge in [-0.3, -0.25) is 0 Å². The molecule has 0 radical (unpaired) electrons. The van der Waals surface area contributed by atoms with E-state index in [1.165, 1.54) is 0 Å². The maximum Gasteiger partial charge on any atom is 0.0751 e. The summed E-state index contributed by atoms with van der Waals surface area (Å²) in [4.78, 5) is 0. The van der Waals surface area contributed by atoms with Crippen LogP contribution in [0.4, 0.5) is 0 Å². The molecular formula is C6H10Cl2O. The van der Waals surface area contributed by atoms with Crippen molar-refractivity contribution >= 4 is 23.2 Å². The summed E-state index contributed by atoms with van der Waals surface area (Å²) in [5, 5.41) is 0.00849. The Hall–Kier alpha value is 0.540. The van der Waals surface area contributed by atoms with Crippen LogP contribution in [0.3, 0.4) is 0 Å². The van der Waals surface area contributed by atoms with Crippen LogP contribution in [0.2, 0.25) is 0 Å². The zero-order chi connectivity index (χ0) is 6.69. The van der Waals surface area contributed by atoms with Crippen LogP contribution < -0.4 is 0 Å². The first-order chi connectivity index (χ1) is 4.34. The van der Waals surface area contributed by atoms with Crippen molar-refractivity contribution in [2.45, 2.75) is 24.3 Å². The third-order valence-electron chi connectivity index (χ3n) is 1.52. The molecule has 1 heterocycles. The Bertz CT molecular complexity index is 81.1. The summed E-state index contributed by atoms with van der Waals surface area (Å²) in [6.45, 7) is 0.852. The molecule has 9 heavy (non-hydrogen) atoms. The number of ether oxygens (including phenoxy) is 1. The lowest BCUT2D eigenvalue weighted by atomic mass is 10.2. The first-order valence-electron chi connectivity index (χ1n) is 3.16. The second-order valence-corrected chi connectivity index (χ2v) is 3.09.